The lowest BCUT2D eigenvalue weighted by Gasteiger charge is -2.20. The van der Waals surface area contributed by atoms with Gasteiger partial charge in [-0.2, -0.15) is 13.2 Å². The van der Waals surface area contributed by atoms with Crippen molar-refractivity contribution in [2.24, 2.45) is 0 Å². The van der Waals surface area contributed by atoms with E-state index in [1.165, 1.54) is 6.08 Å². The number of hydrogen-bond acceptors (Lipinski definition) is 3. The van der Waals surface area contributed by atoms with Gasteiger partial charge in [-0.05, 0) is 25.3 Å². The van der Waals surface area contributed by atoms with Crippen molar-refractivity contribution in [2.75, 3.05) is 6.61 Å². The van der Waals surface area contributed by atoms with E-state index in [4.69, 9.17) is 4.74 Å². The summed E-state index contributed by atoms with van der Waals surface area (Å²) in [5.74, 6) is -0.624. The molecule has 1 aromatic heterocycles. The van der Waals surface area contributed by atoms with E-state index in [9.17, 15) is 22.8 Å². The second kappa shape index (κ2) is 10.7. The van der Waals surface area contributed by atoms with E-state index >= 15 is 0 Å². The van der Waals surface area contributed by atoms with Crippen LogP contribution in [0.5, 0.6) is 0 Å². The number of ether oxygens (including phenoxy) is 1. The molecule has 0 saturated carbocycles. The van der Waals surface area contributed by atoms with Gasteiger partial charge in [-0.15, -0.1) is 6.58 Å². The molecule has 0 fully saturated rings. The molecule has 0 spiro atoms. The van der Waals surface area contributed by atoms with E-state index in [2.05, 4.69) is 6.58 Å². The maximum absolute atomic E-state index is 13.0. The van der Waals surface area contributed by atoms with Crippen LogP contribution in [0, 0.1) is 0 Å². The van der Waals surface area contributed by atoms with Gasteiger partial charge in [0, 0.05) is 12.3 Å². The zero-order valence-corrected chi connectivity index (χ0v) is 15.2. The van der Waals surface area contributed by atoms with E-state index < -0.39 is 29.3 Å². The lowest BCUT2D eigenvalue weighted by atomic mass is 10.1. The van der Waals surface area contributed by atoms with Crippen molar-refractivity contribution >= 4 is 5.97 Å². The van der Waals surface area contributed by atoms with Crippen molar-refractivity contribution in [3.05, 3.63) is 46.4 Å². The third-order valence-corrected chi connectivity index (χ3v) is 3.29. The minimum atomic E-state index is -4.64. The first kappa shape index (κ1) is 22.9. The standard InChI is InChI=1S/C16H20F3NO3.C2H6/c1-4-7-11-10-20(13(8-5-2)15(22)23-6-3)14(21)9-12(11)16(17,18)19;1-2/h4,9-10,13H,1,5-8H2,2-3H3;1-2H3. The van der Waals surface area contributed by atoms with Crippen LogP contribution in [0.3, 0.4) is 0 Å². The number of nitrogens with zero attached hydrogens (tertiary/aromatic N) is 1. The van der Waals surface area contributed by atoms with Crippen LogP contribution >= 0.6 is 0 Å². The molecule has 1 aromatic rings. The molecule has 0 aromatic carbocycles. The van der Waals surface area contributed by atoms with E-state index in [1.807, 2.05) is 20.8 Å². The molecular weight excluding hydrogens is 335 g/mol. The largest absolute Gasteiger partial charge is 0.464 e. The summed E-state index contributed by atoms with van der Waals surface area (Å²) in [6.07, 6.45) is -1.41. The lowest BCUT2D eigenvalue weighted by molar-refractivity contribution is -0.147. The van der Waals surface area contributed by atoms with Crippen LogP contribution in [0.25, 0.3) is 0 Å². The minimum Gasteiger partial charge on any atom is -0.464 e. The minimum absolute atomic E-state index is 0.0587. The first-order valence-electron chi connectivity index (χ1n) is 8.36. The predicted molar refractivity (Wildman–Crippen MR) is 91.5 cm³/mol. The first-order valence-corrected chi connectivity index (χ1v) is 8.36. The fraction of sp³-hybridized carbons (Fsp3) is 0.556. The van der Waals surface area contributed by atoms with Gasteiger partial charge in [-0.1, -0.05) is 33.3 Å². The number of carbonyl (C=O) groups is 1. The Morgan fingerprint density at radius 2 is 1.96 bits per heavy atom. The first-order chi connectivity index (χ1) is 11.8. The smallest absolute Gasteiger partial charge is 0.416 e. The molecule has 0 aliphatic carbocycles. The molecule has 25 heavy (non-hydrogen) atoms. The number of alkyl halides is 3. The normalized spacial score (nSPS) is 12.0. The quantitative estimate of drug-likeness (QED) is 0.530. The van der Waals surface area contributed by atoms with Crippen LogP contribution < -0.4 is 5.56 Å². The molecule has 1 heterocycles. The zero-order valence-electron chi connectivity index (χ0n) is 15.2. The third-order valence-electron chi connectivity index (χ3n) is 3.29. The maximum Gasteiger partial charge on any atom is 0.416 e. The molecule has 0 aliphatic heterocycles. The summed E-state index contributed by atoms with van der Waals surface area (Å²) in [6.45, 7) is 11.0. The van der Waals surface area contributed by atoms with Crippen LogP contribution in [-0.2, 0) is 22.1 Å². The predicted octanol–water partition coefficient (Wildman–Crippen LogP) is 4.53. The van der Waals surface area contributed by atoms with Crippen LogP contribution in [0.1, 0.15) is 57.7 Å². The molecule has 0 saturated heterocycles. The number of halogens is 3. The third kappa shape index (κ3) is 6.40. The Hall–Kier alpha value is -2.05. The number of esters is 1. The van der Waals surface area contributed by atoms with Crippen molar-refractivity contribution in [2.45, 2.75) is 59.2 Å². The topological polar surface area (TPSA) is 48.3 Å². The molecule has 4 nitrogen and oxygen atoms in total. The number of allylic oxidation sites excluding steroid dienone is 1. The fourth-order valence-electron chi connectivity index (χ4n) is 2.30. The maximum atomic E-state index is 13.0. The zero-order chi connectivity index (χ0) is 19.6. The molecule has 1 unspecified atom stereocenters. The van der Waals surface area contributed by atoms with E-state index in [-0.39, 0.29) is 18.6 Å². The number of rotatable bonds is 7. The van der Waals surface area contributed by atoms with Gasteiger partial charge >= 0.3 is 12.1 Å². The summed E-state index contributed by atoms with van der Waals surface area (Å²) in [5.41, 5.74) is -1.98. The summed E-state index contributed by atoms with van der Waals surface area (Å²) in [6, 6.07) is -0.404. The Labute approximate surface area is 146 Å². The second-order valence-corrected chi connectivity index (χ2v) is 5.00. The molecule has 142 valence electrons. The Morgan fingerprint density at radius 1 is 1.36 bits per heavy atom. The Bertz CT molecular complexity index is 621. The lowest BCUT2D eigenvalue weighted by Crippen LogP contribution is -2.32. The molecule has 0 N–H and O–H groups in total. The van der Waals surface area contributed by atoms with Gasteiger partial charge in [0.05, 0.1) is 12.2 Å². The van der Waals surface area contributed by atoms with Crippen molar-refractivity contribution in [3.63, 3.8) is 0 Å². The van der Waals surface area contributed by atoms with Gasteiger partial charge in [0.15, 0.2) is 0 Å². The number of hydrogen-bond donors (Lipinski definition) is 0. The average Bonchev–Trinajstić information content (AvgIpc) is 2.55. The van der Waals surface area contributed by atoms with E-state index in [0.29, 0.717) is 18.9 Å². The molecule has 1 rings (SSSR count). The summed E-state index contributed by atoms with van der Waals surface area (Å²) in [5, 5.41) is 0. The van der Waals surface area contributed by atoms with Gasteiger partial charge in [0.1, 0.15) is 6.04 Å². The molecule has 0 bridgehead atoms. The monoisotopic (exact) mass is 361 g/mol. The summed E-state index contributed by atoms with van der Waals surface area (Å²) in [7, 11) is 0. The van der Waals surface area contributed by atoms with Crippen LogP contribution in [-0.4, -0.2) is 17.1 Å². The number of pyridine rings is 1. The Morgan fingerprint density at radius 3 is 2.40 bits per heavy atom. The van der Waals surface area contributed by atoms with Crippen LogP contribution in [0.4, 0.5) is 13.2 Å². The summed E-state index contributed by atoms with van der Waals surface area (Å²) >= 11 is 0. The molecule has 0 aliphatic rings. The average molecular weight is 361 g/mol. The second-order valence-electron chi connectivity index (χ2n) is 5.00. The molecule has 0 amide bonds. The summed E-state index contributed by atoms with van der Waals surface area (Å²) < 4.78 is 45.1. The van der Waals surface area contributed by atoms with Gasteiger partial charge in [-0.3, -0.25) is 4.79 Å². The number of aromatic nitrogens is 1. The molecule has 1 atom stereocenters. The Balaban J connectivity index is 0.00000277. The molecule has 7 heteroatoms. The van der Waals surface area contributed by atoms with Gasteiger partial charge in [0.2, 0.25) is 0 Å². The Kier molecular flexibility index (Phi) is 9.86. The highest BCUT2D eigenvalue weighted by molar-refractivity contribution is 5.74. The van der Waals surface area contributed by atoms with Gasteiger partial charge in [0.25, 0.3) is 5.56 Å². The van der Waals surface area contributed by atoms with Crippen LogP contribution in [0.2, 0.25) is 0 Å². The van der Waals surface area contributed by atoms with E-state index in [0.717, 1.165) is 10.8 Å². The van der Waals surface area contributed by atoms with Crippen LogP contribution in [0.15, 0.2) is 29.7 Å². The van der Waals surface area contributed by atoms with Crippen molar-refractivity contribution in [1.82, 2.24) is 4.57 Å². The molecule has 0 radical (unpaired) electrons. The van der Waals surface area contributed by atoms with Crippen molar-refractivity contribution < 1.29 is 22.7 Å². The highest BCUT2D eigenvalue weighted by Gasteiger charge is 2.35. The summed E-state index contributed by atoms with van der Waals surface area (Å²) in [4.78, 5) is 24.1. The van der Waals surface area contributed by atoms with Gasteiger partial charge < -0.3 is 9.30 Å². The van der Waals surface area contributed by atoms with Crippen molar-refractivity contribution in [3.8, 4) is 0 Å². The number of carbonyl (C=O) groups excluding carboxylic acids is 1. The highest BCUT2D eigenvalue weighted by atomic mass is 19.4. The highest BCUT2D eigenvalue weighted by Crippen LogP contribution is 2.32. The van der Waals surface area contributed by atoms with E-state index in [1.54, 1.807) is 6.92 Å². The SMILES string of the molecule is C=CCc1cn(C(CCC)C(=O)OCC)c(=O)cc1C(F)(F)F.CC. The van der Waals surface area contributed by atoms with Crippen molar-refractivity contribution in [1.29, 1.82) is 0 Å². The fourth-order valence-corrected chi connectivity index (χ4v) is 2.30. The van der Waals surface area contributed by atoms with Gasteiger partial charge in [-0.25, -0.2) is 4.79 Å². The molecular formula is C18H26F3NO3.